The molecule has 0 radical (unpaired) electrons. The Balaban J connectivity index is 1.43. The smallest absolute Gasteiger partial charge is 0.351 e. The summed E-state index contributed by atoms with van der Waals surface area (Å²) >= 11 is 0.913. The lowest BCUT2D eigenvalue weighted by Gasteiger charge is -2.21. The molecule has 10 nitrogen and oxygen atoms in total. The summed E-state index contributed by atoms with van der Waals surface area (Å²) in [7, 11) is 0. The molecule has 0 aromatic carbocycles. The van der Waals surface area contributed by atoms with Gasteiger partial charge >= 0.3 is 17.6 Å². The molecule has 1 saturated heterocycles. The van der Waals surface area contributed by atoms with Gasteiger partial charge in [-0.15, -0.1) is 11.3 Å². The van der Waals surface area contributed by atoms with Gasteiger partial charge in [0.1, 0.15) is 16.8 Å². The van der Waals surface area contributed by atoms with E-state index >= 15 is 0 Å². The molecule has 3 heterocycles. The predicted molar refractivity (Wildman–Crippen MR) is 145 cm³/mol. The van der Waals surface area contributed by atoms with Gasteiger partial charge in [-0.2, -0.15) is 13.8 Å². The fourth-order valence-corrected chi connectivity index (χ4v) is 5.15. The molecule has 0 unspecified atom stereocenters. The second-order valence-corrected chi connectivity index (χ2v) is 10.9. The molecule has 0 aliphatic carbocycles. The number of carbonyl (C=O) groups excluding carboxylic acids is 2. The van der Waals surface area contributed by atoms with Crippen LogP contribution < -0.4 is 11.0 Å². The van der Waals surface area contributed by atoms with Gasteiger partial charge in [-0.05, 0) is 24.6 Å². The first-order valence-corrected chi connectivity index (χ1v) is 14.5. The average Bonchev–Trinajstić information content (AvgIpc) is 3.51. The van der Waals surface area contributed by atoms with E-state index in [1.807, 2.05) is 0 Å². The minimum atomic E-state index is -3.85. The number of nitrogens with zero attached hydrogens (tertiary/aromatic N) is 2. The molecule has 1 fully saturated rings. The van der Waals surface area contributed by atoms with Crippen molar-refractivity contribution in [1.29, 1.82) is 0 Å². The van der Waals surface area contributed by atoms with Gasteiger partial charge in [0.2, 0.25) is 6.23 Å². The first kappa shape index (κ1) is 31.8. The normalized spacial score (nSPS) is 20.0. The lowest BCUT2D eigenvalue weighted by atomic mass is 10.1. The Morgan fingerprint density at radius 1 is 1.07 bits per heavy atom. The Bertz CT molecular complexity index is 1170. The summed E-state index contributed by atoms with van der Waals surface area (Å²) in [4.78, 5) is 41.3. The minimum absolute atomic E-state index is 0.163. The number of hydrogen-bond donors (Lipinski definition) is 3. The van der Waals surface area contributed by atoms with E-state index in [0.29, 0.717) is 11.2 Å². The van der Waals surface area contributed by atoms with Gasteiger partial charge in [0.25, 0.3) is 5.91 Å². The third-order valence-corrected chi connectivity index (χ3v) is 7.71. The highest BCUT2D eigenvalue weighted by Gasteiger charge is 2.59. The van der Waals surface area contributed by atoms with E-state index in [1.54, 1.807) is 0 Å². The van der Waals surface area contributed by atoms with Crippen molar-refractivity contribution in [3.63, 3.8) is 0 Å². The van der Waals surface area contributed by atoms with Crippen molar-refractivity contribution in [2.75, 3.05) is 18.5 Å². The highest BCUT2D eigenvalue weighted by atomic mass is 32.1. The maximum atomic E-state index is 14.3. The van der Waals surface area contributed by atoms with Crippen LogP contribution in [0.5, 0.6) is 0 Å². The number of thiophene rings is 1. The van der Waals surface area contributed by atoms with E-state index in [4.69, 9.17) is 14.6 Å². The van der Waals surface area contributed by atoms with Gasteiger partial charge < -0.3 is 25.0 Å². The van der Waals surface area contributed by atoms with Crippen molar-refractivity contribution in [2.24, 2.45) is 0 Å². The number of aromatic nitrogens is 2. The zero-order valence-corrected chi connectivity index (χ0v) is 23.3. The Morgan fingerprint density at radius 2 is 1.70 bits per heavy atom. The van der Waals surface area contributed by atoms with E-state index < -0.39 is 48.5 Å². The molecule has 1 aliphatic heterocycles. The van der Waals surface area contributed by atoms with Gasteiger partial charge in [0.15, 0.2) is 6.10 Å². The monoisotopic (exact) mass is 585 g/mol. The summed E-state index contributed by atoms with van der Waals surface area (Å²) in [6, 6.07) is 4.02. The van der Waals surface area contributed by atoms with Crippen molar-refractivity contribution in [3.05, 3.63) is 44.6 Å². The molecule has 3 rings (SSSR count). The van der Waals surface area contributed by atoms with Gasteiger partial charge in [-0.3, -0.25) is 9.36 Å². The van der Waals surface area contributed by atoms with Crippen molar-refractivity contribution < 1.29 is 38.1 Å². The quantitative estimate of drug-likeness (QED) is 0.193. The lowest BCUT2D eigenvalue weighted by Crippen LogP contribution is -2.41. The number of rotatable bonds is 16. The Morgan fingerprint density at radius 3 is 2.30 bits per heavy atom. The number of anilines is 1. The van der Waals surface area contributed by atoms with Crippen LogP contribution in [0.1, 0.15) is 96.7 Å². The summed E-state index contributed by atoms with van der Waals surface area (Å²) in [5, 5.41) is 21.1. The van der Waals surface area contributed by atoms with Gasteiger partial charge in [0, 0.05) is 6.20 Å². The highest BCUT2D eigenvalue weighted by Crippen LogP contribution is 2.42. The summed E-state index contributed by atoms with van der Waals surface area (Å²) < 4.78 is 39.4. The van der Waals surface area contributed by atoms with Crippen LogP contribution in [0.4, 0.5) is 14.6 Å². The SMILES string of the molecule is CCCCCCCCCCCCOC(=O)c1ccc(C(=O)Nc2ccn([C@@H]3O[C@H](CO)[C@@H](O)C3(F)F)c(=O)n2)s1. The number of carbonyl (C=O) groups is 2. The lowest BCUT2D eigenvalue weighted by molar-refractivity contribution is -0.140. The largest absolute Gasteiger partial charge is 0.462 e. The summed E-state index contributed by atoms with van der Waals surface area (Å²) in [5.41, 5.74) is -1.16. The Kier molecular flexibility index (Phi) is 12.2. The average molecular weight is 586 g/mol. The van der Waals surface area contributed by atoms with E-state index in [1.165, 1.54) is 57.1 Å². The maximum absolute atomic E-state index is 14.3. The van der Waals surface area contributed by atoms with Crippen LogP contribution in [0.2, 0.25) is 0 Å². The zero-order chi connectivity index (χ0) is 29.1. The molecular weight excluding hydrogens is 548 g/mol. The fraction of sp³-hybridized carbons (Fsp3) is 0.630. The number of alkyl halides is 2. The molecule has 40 heavy (non-hydrogen) atoms. The van der Waals surface area contributed by atoms with E-state index in [0.717, 1.165) is 42.9 Å². The third kappa shape index (κ3) is 8.38. The van der Waals surface area contributed by atoms with Crippen LogP contribution in [0.3, 0.4) is 0 Å². The molecule has 1 aliphatic rings. The Labute approximate surface area is 235 Å². The number of halogens is 2. The van der Waals surface area contributed by atoms with Gasteiger partial charge in [-0.25, -0.2) is 9.59 Å². The molecular formula is C27H37F2N3O7S. The molecule has 2 aromatic heterocycles. The molecule has 13 heteroatoms. The number of esters is 1. The standard InChI is InChI=1S/C27H37F2N3O7S/c1-2-3-4-5-6-7-8-9-10-11-16-38-24(36)20-13-12-19(40-20)23(35)30-21-14-15-32(26(37)31-21)25-27(28,29)22(34)18(17-33)39-25/h12-15,18,22,25,33-34H,2-11,16-17H2,1H3,(H,30,31,35,37)/t18-,22-,25-/m1/s1. The van der Waals surface area contributed by atoms with E-state index in [-0.39, 0.29) is 15.6 Å². The van der Waals surface area contributed by atoms with Crippen LogP contribution in [0.15, 0.2) is 29.2 Å². The first-order valence-electron chi connectivity index (χ1n) is 13.7. The van der Waals surface area contributed by atoms with Crippen molar-refractivity contribution in [3.8, 4) is 0 Å². The number of ether oxygens (including phenoxy) is 2. The van der Waals surface area contributed by atoms with E-state index in [9.17, 15) is 28.3 Å². The van der Waals surface area contributed by atoms with Crippen molar-refractivity contribution >= 4 is 29.0 Å². The zero-order valence-electron chi connectivity index (χ0n) is 22.5. The van der Waals surface area contributed by atoms with Crippen LogP contribution in [-0.2, 0) is 9.47 Å². The minimum Gasteiger partial charge on any atom is -0.462 e. The number of amides is 1. The molecule has 0 saturated carbocycles. The van der Waals surface area contributed by atoms with Gasteiger partial charge in [-0.1, -0.05) is 64.7 Å². The van der Waals surface area contributed by atoms with E-state index in [2.05, 4.69) is 17.2 Å². The number of hydrogen-bond acceptors (Lipinski definition) is 9. The van der Waals surface area contributed by atoms with Crippen LogP contribution >= 0.6 is 11.3 Å². The second-order valence-electron chi connectivity index (χ2n) is 9.77. The Hall–Kier alpha value is -2.74. The summed E-state index contributed by atoms with van der Waals surface area (Å²) in [6.45, 7) is 1.64. The first-order chi connectivity index (χ1) is 19.2. The van der Waals surface area contributed by atoms with Crippen LogP contribution in [0.25, 0.3) is 0 Å². The number of unbranched alkanes of at least 4 members (excludes halogenated alkanes) is 9. The van der Waals surface area contributed by atoms with Crippen molar-refractivity contribution in [1.82, 2.24) is 9.55 Å². The molecule has 3 N–H and O–H groups in total. The predicted octanol–water partition coefficient (Wildman–Crippen LogP) is 4.52. The molecule has 0 bridgehead atoms. The summed E-state index contributed by atoms with van der Waals surface area (Å²) in [5.74, 6) is -5.23. The number of aliphatic hydroxyl groups is 2. The van der Waals surface area contributed by atoms with Crippen molar-refractivity contribution in [2.45, 2.75) is 95.5 Å². The number of aliphatic hydroxyl groups excluding tert-OH is 2. The summed E-state index contributed by atoms with van der Waals surface area (Å²) in [6.07, 6.45) is 6.61. The molecule has 2 aromatic rings. The molecule has 1 amide bonds. The molecule has 3 atom stereocenters. The highest BCUT2D eigenvalue weighted by molar-refractivity contribution is 7.16. The fourth-order valence-electron chi connectivity index (χ4n) is 4.35. The third-order valence-electron chi connectivity index (χ3n) is 6.65. The molecule has 0 spiro atoms. The molecule has 222 valence electrons. The number of nitrogens with one attached hydrogen (secondary N) is 1. The maximum Gasteiger partial charge on any atom is 0.351 e. The topological polar surface area (TPSA) is 140 Å². The second kappa shape index (κ2) is 15.3. The van der Waals surface area contributed by atoms with Crippen LogP contribution in [0, 0.1) is 0 Å². The van der Waals surface area contributed by atoms with Gasteiger partial charge in [0.05, 0.1) is 18.1 Å². The van der Waals surface area contributed by atoms with Crippen LogP contribution in [-0.4, -0.2) is 63.0 Å².